The third-order valence-electron chi connectivity index (χ3n) is 2.32. The summed E-state index contributed by atoms with van der Waals surface area (Å²) in [6, 6.07) is 2.04. The molecule has 0 aromatic carbocycles. The zero-order valence-electron chi connectivity index (χ0n) is 11.1. The molecule has 0 saturated heterocycles. The van der Waals surface area contributed by atoms with Crippen LogP contribution in [0.5, 0.6) is 0 Å². The van der Waals surface area contributed by atoms with Crippen molar-refractivity contribution in [2.75, 3.05) is 18.5 Å². The Morgan fingerprint density at radius 1 is 1.18 bits per heavy atom. The highest BCUT2D eigenvalue weighted by Crippen LogP contribution is 2.09. The largest absolute Gasteiger partial charge is 0.374 e. The first-order chi connectivity index (χ1) is 8.30. The van der Waals surface area contributed by atoms with Crippen molar-refractivity contribution in [2.45, 2.75) is 46.6 Å². The van der Waals surface area contributed by atoms with Gasteiger partial charge in [-0.25, -0.2) is 9.97 Å². The third kappa shape index (κ3) is 5.13. The van der Waals surface area contributed by atoms with Crippen LogP contribution in [0.15, 0.2) is 6.07 Å². The predicted molar refractivity (Wildman–Crippen MR) is 70.1 cm³/mol. The molecule has 0 spiro atoms. The van der Waals surface area contributed by atoms with Crippen molar-refractivity contribution in [3.05, 3.63) is 17.6 Å². The topological polar surface area (TPSA) is 47.0 Å². The van der Waals surface area contributed by atoms with Gasteiger partial charge in [0.15, 0.2) is 5.82 Å². The van der Waals surface area contributed by atoms with Crippen LogP contribution in [0.1, 0.15) is 45.1 Å². The summed E-state index contributed by atoms with van der Waals surface area (Å²) in [5, 5.41) is 3.30. The Morgan fingerprint density at radius 2 is 2.00 bits per heavy atom. The number of hydrogen-bond donors (Lipinski definition) is 1. The van der Waals surface area contributed by atoms with Crippen LogP contribution in [-0.2, 0) is 17.8 Å². The summed E-state index contributed by atoms with van der Waals surface area (Å²) in [7, 11) is 0. The van der Waals surface area contributed by atoms with Crippen LogP contribution >= 0.6 is 0 Å². The van der Waals surface area contributed by atoms with Gasteiger partial charge in [-0.15, -0.1) is 0 Å². The Bertz CT molecular complexity index is 302. The van der Waals surface area contributed by atoms with Gasteiger partial charge in [0, 0.05) is 24.9 Å². The van der Waals surface area contributed by atoms with Crippen molar-refractivity contribution in [1.82, 2.24) is 9.97 Å². The molecule has 1 N–H and O–H groups in total. The summed E-state index contributed by atoms with van der Waals surface area (Å²) in [5.74, 6) is 1.69. The van der Waals surface area contributed by atoms with Crippen LogP contribution in [0.4, 0.5) is 5.82 Å². The number of anilines is 1. The van der Waals surface area contributed by atoms with Gasteiger partial charge in [0.25, 0.3) is 0 Å². The van der Waals surface area contributed by atoms with Gasteiger partial charge in [-0.3, -0.25) is 0 Å². The molecule has 0 bridgehead atoms. The van der Waals surface area contributed by atoms with Crippen LogP contribution in [0.25, 0.3) is 0 Å². The van der Waals surface area contributed by atoms with Crippen molar-refractivity contribution in [3.63, 3.8) is 0 Å². The Labute approximate surface area is 104 Å². The van der Waals surface area contributed by atoms with Crippen LogP contribution in [0.3, 0.4) is 0 Å². The zero-order chi connectivity index (χ0) is 12.5. The minimum Gasteiger partial charge on any atom is -0.374 e. The highest BCUT2D eigenvalue weighted by Gasteiger charge is 2.04. The van der Waals surface area contributed by atoms with E-state index in [4.69, 9.17) is 4.74 Å². The molecule has 1 aromatic heterocycles. The molecule has 0 aliphatic carbocycles. The summed E-state index contributed by atoms with van der Waals surface area (Å²) >= 11 is 0. The molecule has 96 valence electrons. The smallest absolute Gasteiger partial charge is 0.156 e. The molecule has 0 atom stereocenters. The van der Waals surface area contributed by atoms with Crippen LogP contribution in [0, 0.1) is 0 Å². The lowest BCUT2D eigenvalue weighted by Gasteiger charge is -2.09. The fourth-order valence-electron chi connectivity index (χ4n) is 1.54. The lowest BCUT2D eigenvalue weighted by molar-refractivity contribution is 0.128. The average molecular weight is 237 g/mol. The maximum absolute atomic E-state index is 5.36. The molecule has 0 unspecified atom stereocenters. The second-order valence-electron chi connectivity index (χ2n) is 3.97. The molecule has 0 saturated carbocycles. The maximum atomic E-state index is 5.36. The Balaban J connectivity index is 2.76. The molecule has 1 heterocycles. The fraction of sp³-hybridized carbons (Fsp3) is 0.692. The van der Waals surface area contributed by atoms with E-state index in [1.165, 1.54) is 0 Å². The maximum Gasteiger partial charge on any atom is 0.156 e. The molecule has 4 nitrogen and oxygen atoms in total. The van der Waals surface area contributed by atoms with Crippen LogP contribution in [-0.4, -0.2) is 23.1 Å². The summed E-state index contributed by atoms with van der Waals surface area (Å²) in [5.41, 5.74) is 1.09. The molecule has 0 aliphatic heterocycles. The second-order valence-corrected chi connectivity index (χ2v) is 3.97. The first kappa shape index (κ1) is 13.9. The van der Waals surface area contributed by atoms with Gasteiger partial charge in [-0.1, -0.05) is 20.3 Å². The van der Waals surface area contributed by atoms with E-state index in [-0.39, 0.29) is 0 Å². The van der Waals surface area contributed by atoms with E-state index < -0.39 is 0 Å². The molecule has 4 heteroatoms. The summed E-state index contributed by atoms with van der Waals surface area (Å²) in [4.78, 5) is 8.94. The fourth-order valence-corrected chi connectivity index (χ4v) is 1.54. The number of nitrogens with zero attached hydrogens (tertiary/aromatic N) is 2. The van der Waals surface area contributed by atoms with E-state index in [9.17, 15) is 0 Å². The van der Waals surface area contributed by atoms with Crippen molar-refractivity contribution < 1.29 is 4.74 Å². The normalized spacial score (nSPS) is 10.5. The lowest BCUT2D eigenvalue weighted by Crippen LogP contribution is -2.08. The number of aryl methyl sites for hydroxylation is 1. The van der Waals surface area contributed by atoms with Crippen LogP contribution in [0.2, 0.25) is 0 Å². The summed E-state index contributed by atoms with van der Waals surface area (Å²) < 4.78 is 5.36. The van der Waals surface area contributed by atoms with E-state index in [0.29, 0.717) is 13.2 Å². The van der Waals surface area contributed by atoms with Gasteiger partial charge < -0.3 is 10.1 Å². The molecule has 17 heavy (non-hydrogen) atoms. The standard InChI is InChI=1S/C13H23N3O/c1-4-7-11-9-12(14-8-5-2)16-13(15-11)10-17-6-3/h9H,4-8,10H2,1-3H3,(H,14,15,16). The van der Waals surface area contributed by atoms with Gasteiger partial charge in [0.1, 0.15) is 12.4 Å². The Kier molecular flexibility index (Phi) is 6.55. The van der Waals surface area contributed by atoms with E-state index in [0.717, 1.165) is 43.1 Å². The van der Waals surface area contributed by atoms with E-state index in [1.807, 2.05) is 13.0 Å². The summed E-state index contributed by atoms with van der Waals surface area (Å²) in [6.07, 6.45) is 3.18. The van der Waals surface area contributed by atoms with Gasteiger partial charge >= 0.3 is 0 Å². The lowest BCUT2D eigenvalue weighted by atomic mass is 10.2. The highest BCUT2D eigenvalue weighted by atomic mass is 16.5. The van der Waals surface area contributed by atoms with E-state index >= 15 is 0 Å². The first-order valence-electron chi connectivity index (χ1n) is 6.48. The van der Waals surface area contributed by atoms with Crippen molar-refractivity contribution >= 4 is 5.82 Å². The Morgan fingerprint density at radius 3 is 2.65 bits per heavy atom. The zero-order valence-corrected chi connectivity index (χ0v) is 11.1. The number of nitrogens with one attached hydrogen (secondary N) is 1. The third-order valence-corrected chi connectivity index (χ3v) is 2.32. The van der Waals surface area contributed by atoms with E-state index in [2.05, 4.69) is 29.1 Å². The molecule has 1 aromatic rings. The minimum absolute atomic E-state index is 0.495. The van der Waals surface area contributed by atoms with Crippen molar-refractivity contribution in [1.29, 1.82) is 0 Å². The van der Waals surface area contributed by atoms with Crippen molar-refractivity contribution in [2.24, 2.45) is 0 Å². The first-order valence-corrected chi connectivity index (χ1v) is 6.48. The Hall–Kier alpha value is -1.16. The number of hydrogen-bond acceptors (Lipinski definition) is 4. The van der Waals surface area contributed by atoms with E-state index in [1.54, 1.807) is 0 Å². The number of ether oxygens (including phenoxy) is 1. The molecule has 1 rings (SSSR count). The van der Waals surface area contributed by atoms with Crippen molar-refractivity contribution in [3.8, 4) is 0 Å². The number of rotatable bonds is 8. The highest BCUT2D eigenvalue weighted by molar-refractivity contribution is 5.36. The van der Waals surface area contributed by atoms with Crippen LogP contribution < -0.4 is 5.32 Å². The summed E-state index contributed by atoms with van der Waals surface area (Å²) in [6.45, 7) is 8.41. The molecular weight excluding hydrogens is 214 g/mol. The SMILES string of the molecule is CCCNc1cc(CCC)nc(COCC)n1. The van der Waals surface area contributed by atoms with Gasteiger partial charge in [0.05, 0.1) is 0 Å². The minimum atomic E-state index is 0.495. The van der Waals surface area contributed by atoms with Gasteiger partial charge in [-0.2, -0.15) is 0 Å². The average Bonchev–Trinajstić information content (AvgIpc) is 2.34. The molecule has 0 aliphatic rings. The van der Waals surface area contributed by atoms with Gasteiger partial charge in [-0.05, 0) is 19.8 Å². The monoisotopic (exact) mass is 237 g/mol. The molecule has 0 radical (unpaired) electrons. The van der Waals surface area contributed by atoms with Gasteiger partial charge in [0.2, 0.25) is 0 Å². The molecule has 0 fully saturated rings. The number of aromatic nitrogens is 2. The molecular formula is C13H23N3O. The molecule has 0 amide bonds. The second kappa shape index (κ2) is 8.01. The quantitative estimate of drug-likeness (QED) is 0.755. The predicted octanol–water partition coefficient (Wildman–Crippen LogP) is 2.79.